The summed E-state index contributed by atoms with van der Waals surface area (Å²) < 4.78 is 18.4. The summed E-state index contributed by atoms with van der Waals surface area (Å²) in [4.78, 5) is 2.39. The van der Waals surface area contributed by atoms with Gasteiger partial charge in [-0.3, -0.25) is 16.2 Å². The Morgan fingerprint density at radius 3 is 2.45 bits per heavy atom. The highest BCUT2D eigenvalue weighted by atomic mass is 19.1. The van der Waals surface area contributed by atoms with Gasteiger partial charge in [0.2, 0.25) is 0 Å². The van der Waals surface area contributed by atoms with Crippen LogP contribution in [0.25, 0.3) is 0 Å². The Kier molecular flexibility index (Phi) is 5.10. The summed E-state index contributed by atoms with van der Waals surface area (Å²) in [5.41, 5.74) is 3.92. The van der Waals surface area contributed by atoms with Crippen molar-refractivity contribution in [2.75, 3.05) is 26.3 Å². The molecule has 1 aliphatic heterocycles. The first-order valence-electron chi connectivity index (χ1n) is 7.07. The number of nitrogens with zero attached hydrogens (tertiary/aromatic N) is 1. The third-order valence-corrected chi connectivity index (χ3v) is 4.23. The summed E-state index contributed by atoms with van der Waals surface area (Å²) >= 11 is 0. The normalized spacial score (nSPS) is 19.0. The van der Waals surface area contributed by atoms with E-state index in [2.05, 4.69) is 24.2 Å². The van der Waals surface area contributed by atoms with Crippen molar-refractivity contribution in [3.8, 4) is 0 Å². The first kappa shape index (κ1) is 15.4. The van der Waals surface area contributed by atoms with E-state index in [9.17, 15) is 4.39 Å². The van der Waals surface area contributed by atoms with Crippen molar-refractivity contribution in [3.63, 3.8) is 0 Å². The lowest BCUT2D eigenvalue weighted by molar-refractivity contribution is -0.0233. The number of hydrogen-bond acceptors (Lipinski definition) is 4. The van der Waals surface area contributed by atoms with Gasteiger partial charge in [0.1, 0.15) is 5.82 Å². The molecule has 0 saturated carbocycles. The lowest BCUT2D eigenvalue weighted by Crippen LogP contribution is -2.62. The molecule has 0 spiro atoms. The van der Waals surface area contributed by atoms with Gasteiger partial charge < -0.3 is 4.74 Å². The van der Waals surface area contributed by atoms with Crippen LogP contribution in [-0.2, 0) is 11.2 Å². The predicted molar refractivity (Wildman–Crippen MR) is 77.7 cm³/mol. The van der Waals surface area contributed by atoms with Gasteiger partial charge in [-0.25, -0.2) is 4.39 Å². The van der Waals surface area contributed by atoms with E-state index in [1.807, 2.05) is 12.1 Å². The second-order valence-electron chi connectivity index (χ2n) is 5.80. The van der Waals surface area contributed by atoms with Gasteiger partial charge in [0.05, 0.1) is 13.2 Å². The molecule has 1 atom stereocenters. The van der Waals surface area contributed by atoms with Crippen LogP contribution in [0.5, 0.6) is 0 Å². The number of hydrogen-bond donors (Lipinski definition) is 2. The highest BCUT2D eigenvalue weighted by Crippen LogP contribution is 2.23. The van der Waals surface area contributed by atoms with Gasteiger partial charge in [0.25, 0.3) is 0 Å². The molecule has 0 aromatic heterocycles. The van der Waals surface area contributed by atoms with Crippen molar-refractivity contribution in [2.24, 2.45) is 5.84 Å². The topological polar surface area (TPSA) is 50.5 Å². The van der Waals surface area contributed by atoms with Crippen LogP contribution in [0.1, 0.15) is 19.4 Å². The average Bonchev–Trinajstić information content (AvgIpc) is 2.47. The first-order chi connectivity index (χ1) is 9.54. The number of nitrogens with one attached hydrogen (secondary N) is 1. The summed E-state index contributed by atoms with van der Waals surface area (Å²) in [6.07, 6.45) is 0.765. The van der Waals surface area contributed by atoms with Crippen LogP contribution in [-0.4, -0.2) is 42.8 Å². The highest BCUT2D eigenvalue weighted by Gasteiger charge is 2.35. The molecule has 2 rings (SSSR count). The lowest BCUT2D eigenvalue weighted by atomic mass is 9.87. The van der Waals surface area contributed by atoms with Crippen molar-refractivity contribution in [2.45, 2.75) is 31.8 Å². The Morgan fingerprint density at radius 2 is 1.90 bits per heavy atom. The molecule has 1 fully saturated rings. The Balaban J connectivity index is 2.07. The molecule has 1 aliphatic rings. The number of morpholine rings is 1. The van der Waals surface area contributed by atoms with Crippen LogP contribution in [0.15, 0.2) is 24.3 Å². The number of benzene rings is 1. The quantitative estimate of drug-likeness (QED) is 0.631. The summed E-state index contributed by atoms with van der Waals surface area (Å²) in [5, 5.41) is 0. The minimum absolute atomic E-state index is 0.0889. The minimum atomic E-state index is -0.210. The van der Waals surface area contributed by atoms with Crippen LogP contribution < -0.4 is 11.3 Å². The number of rotatable bonds is 5. The molecule has 1 aromatic rings. The van der Waals surface area contributed by atoms with E-state index in [1.165, 1.54) is 12.1 Å². The molecular formula is C15H24FN3O. The molecule has 0 aliphatic carbocycles. The molecule has 1 heterocycles. The number of ether oxygens (including phenoxy) is 1. The molecule has 1 unspecified atom stereocenters. The fraction of sp³-hybridized carbons (Fsp3) is 0.600. The molecule has 20 heavy (non-hydrogen) atoms. The predicted octanol–water partition coefficient (Wildman–Crippen LogP) is 1.31. The zero-order valence-corrected chi connectivity index (χ0v) is 12.2. The summed E-state index contributed by atoms with van der Waals surface area (Å²) in [7, 11) is 0. The summed E-state index contributed by atoms with van der Waals surface area (Å²) in [6.45, 7) is 7.72. The molecular weight excluding hydrogens is 257 g/mol. The Labute approximate surface area is 120 Å². The first-order valence-corrected chi connectivity index (χ1v) is 7.07. The van der Waals surface area contributed by atoms with E-state index in [-0.39, 0.29) is 17.4 Å². The molecule has 1 aromatic carbocycles. The zero-order valence-electron chi connectivity index (χ0n) is 12.2. The Hall–Kier alpha value is -1.01. The summed E-state index contributed by atoms with van der Waals surface area (Å²) in [5.74, 6) is 5.55. The number of hydrazine groups is 1. The lowest BCUT2D eigenvalue weighted by Gasteiger charge is -2.45. The van der Waals surface area contributed by atoms with Crippen LogP contribution >= 0.6 is 0 Å². The van der Waals surface area contributed by atoms with Gasteiger partial charge in [0.15, 0.2) is 0 Å². The van der Waals surface area contributed by atoms with Crippen molar-refractivity contribution in [1.29, 1.82) is 0 Å². The molecule has 5 heteroatoms. The van der Waals surface area contributed by atoms with E-state index in [4.69, 9.17) is 10.6 Å². The van der Waals surface area contributed by atoms with E-state index >= 15 is 0 Å². The fourth-order valence-corrected chi connectivity index (χ4v) is 2.73. The monoisotopic (exact) mass is 281 g/mol. The van der Waals surface area contributed by atoms with Crippen LogP contribution in [0, 0.1) is 5.82 Å². The van der Waals surface area contributed by atoms with Crippen molar-refractivity contribution in [1.82, 2.24) is 10.3 Å². The molecule has 112 valence electrons. The van der Waals surface area contributed by atoms with E-state index in [1.54, 1.807) is 0 Å². The molecule has 4 nitrogen and oxygen atoms in total. The number of halogens is 1. The van der Waals surface area contributed by atoms with Gasteiger partial charge >= 0.3 is 0 Å². The smallest absolute Gasteiger partial charge is 0.123 e. The third-order valence-electron chi connectivity index (χ3n) is 4.23. The van der Waals surface area contributed by atoms with E-state index in [0.29, 0.717) is 0 Å². The second-order valence-corrected chi connectivity index (χ2v) is 5.80. The molecule has 1 saturated heterocycles. The SMILES string of the molecule is CC(C)(C(Cc1ccc(F)cc1)NN)N1CCOCC1. The minimum Gasteiger partial charge on any atom is -0.379 e. The van der Waals surface area contributed by atoms with Crippen LogP contribution in [0.3, 0.4) is 0 Å². The molecule has 0 radical (unpaired) electrons. The van der Waals surface area contributed by atoms with Gasteiger partial charge in [0, 0.05) is 24.7 Å². The maximum absolute atomic E-state index is 13.0. The maximum Gasteiger partial charge on any atom is 0.123 e. The van der Waals surface area contributed by atoms with Gasteiger partial charge in [-0.05, 0) is 38.0 Å². The largest absolute Gasteiger partial charge is 0.379 e. The highest BCUT2D eigenvalue weighted by molar-refractivity contribution is 5.18. The third kappa shape index (κ3) is 3.55. The number of nitrogens with two attached hydrogens (primary N) is 1. The van der Waals surface area contributed by atoms with Gasteiger partial charge in [-0.1, -0.05) is 12.1 Å². The standard InChI is InChI=1S/C15H24FN3O/c1-15(2,19-7-9-20-10-8-19)14(18-17)11-12-3-5-13(16)6-4-12/h3-6,14,18H,7-11,17H2,1-2H3. The molecule has 0 amide bonds. The Bertz CT molecular complexity index is 416. The van der Waals surface area contributed by atoms with Gasteiger partial charge in [-0.15, -0.1) is 0 Å². The zero-order chi connectivity index (χ0) is 14.6. The summed E-state index contributed by atoms with van der Waals surface area (Å²) in [6, 6.07) is 6.70. The van der Waals surface area contributed by atoms with Gasteiger partial charge in [-0.2, -0.15) is 0 Å². The molecule has 0 bridgehead atoms. The van der Waals surface area contributed by atoms with Crippen molar-refractivity contribution in [3.05, 3.63) is 35.6 Å². The molecule has 3 N–H and O–H groups in total. The van der Waals surface area contributed by atoms with E-state index in [0.717, 1.165) is 38.3 Å². The van der Waals surface area contributed by atoms with Crippen LogP contribution in [0.2, 0.25) is 0 Å². The maximum atomic E-state index is 13.0. The average molecular weight is 281 g/mol. The van der Waals surface area contributed by atoms with Crippen molar-refractivity contribution < 1.29 is 9.13 Å². The van der Waals surface area contributed by atoms with Crippen molar-refractivity contribution >= 4 is 0 Å². The van der Waals surface area contributed by atoms with Crippen LogP contribution in [0.4, 0.5) is 4.39 Å². The fourth-order valence-electron chi connectivity index (χ4n) is 2.73. The second kappa shape index (κ2) is 6.63. The Morgan fingerprint density at radius 1 is 1.30 bits per heavy atom. The van der Waals surface area contributed by atoms with E-state index < -0.39 is 0 Å².